The summed E-state index contributed by atoms with van der Waals surface area (Å²) < 4.78 is 0. The lowest BCUT2D eigenvalue weighted by Crippen LogP contribution is -2.43. The summed E-state index contributed by atoms with van der Waals surface area (Å²) in [6.45, 7) is 3.88. The first-order valence-corrected chi connectivity index (χ1v) is 6.78. The smallest absolute Gasteiger partial charge is 0.318 e. The molecule has 0 aromatic heterocycles. The van der Waals surface area contributed by atoms with Gasteiger partial charge in [0.1, 0.15) is 6.04 Å². The van der Waals surface area contributed by atoms with E-state index in [1.165, 1.54) is 18.5 Å². The Kier molecular flexibility index (Phi) is 4.45. The molecule has 1 aromatic carbocycles. The molecule has 1 aliphatic heterocycles. The molecule has 1 aliphatic rings. The van der Waals surface area contributed by atoms with Crippen molar-refractivity contribution in [2.24, 2.45) is 5.73 Å². The highest BCUT2D eigenvalue weighted by atomic mass is 16.2. The molecule has 0 radical (unpaired) electrons. The SMILES string of the molecule is CC(Nc1ccc(N2CCCC2)cc1)C(=O)NC(N)=O. The maximum absolute atomic E-state index is 11.6. The number of nitrogens with one attached hydrogen (secondary N) is 2. The molecule has 1 unspecified atom stereocenters. The number of nitrogens with two attached hydrogens (primary N) is 1. The van der Waals surface area contributed by atoms with Crippen molar-refractivity contribution in [2.75, 3.05) is 23.3 Å². The quantitative estimate of drug-likeness (QED) is 0.773. The van der Waals surface area contributed by atoms with Crippen molar-refractivity contribution in [3.63, 3.8) is 0 Å². The second-order valence-electron chi connectivity index (χ2n) is 4.96. The number of imide groups is 1. The fourth-order valence-electron chi connectivity index (χ4n) is 2.29. The second kappa shape index (κ2) is 6.27. The summed E-state index contributed by atoms with van der Waals surface area (Å²) in [5, 5.41) is 5.07. The molecule has 1 fully saturated rings. The molecule has 0 saturated carbocycles. The van der Waals surface area contributed by atoms with Gasteiger partial charge in [-0.15, -0.1) is 0 Å². The lowest BCUT2D eigenvalue weighted by atomic mass is 10.2. The predicted molar refractivity (Wildman–Crippen MR) is 78.7 cm³/mol. The van der Waals surface area contributed by atoms with E-state index in [2.05, 4.69) is 10.2 Å². The molecule has 3 amide bonds. The summed E-state index contributed by atoms with van der Waals surface area (Å²) >= 11 is 0. The van der Waals surface area contributed by atoms with Gasteiger partial charge < -0.3 is 16.0 Å². The molecule has 0 bridgehead atoms. The van der Waals surface area contributed by atoms with Crippen molar-refractivity contribution in [3.05, 3.63) is 24.3 Å². The summed E-state index contributed by atoms with van der Waals surface area (Å²) in [5.74, 6) is -0.443. The van der Waals surface area contributed by atoms with Gasteiger partial charge in [-0.1, -0.05) is 0 Å². The molecule has 6 heteroatoms. The number of benzene rings is 1. The van der Waals surface area contributed by atoms with Gasteiger partial charge in [-0.25, -0.2) is 4.79 Å². The molecule has 1 heterocycles. The molecule has 0 aliphatic carbocycles. The van der Waals surface area contributed by atoms with Crippen LogP contribution in [0.2, 0.25) is 0 Å². The Bertz CT molecular complexity index is 480. The number of amides is 3. The van der Waals surface area contributed by atoms with E-state index >= 15 is 0 Å². The number of rotatable bonds is 4. The first-order valence-electron chi connectivity index (χ1n) is 6.78. The monoisotopic (exact) mass is 276 g/mol. The van der Waals surface area contributed by atoms with Crippen molar-refractivity contribution in [3.8, 4) is 0 Å². The Morgan fingerprint density at radius 1 is 1.20 bits per heavy atom. The maximum atomic E-state index is 11.6. The minimum atomic E-state index is -0.840. The molecule has 6 nitrogen and oxygen atoms in total. The molecule has 4 N–H and O–H groups in total. The fourth-order valence-corrected chi connectivity index (χ4v) is 2.29. The highest BCUT2D eigenvalue weighted by Gasteiger charge is 2.15. The molecule has 1 saturated heterocycles. The van der Waals surface area contributed by atoms with Crippen LogP contribution in [0.25, 0.3) is 0 Å². The minimum Gasteiger partial charge on any atom is -0.374 e. The number of anilines is 2. The van der Waals surface area contributed by atoms with Crippen LogP contribution in [0.15, 0.2) is 24.3 Å². The first kappa shape index (κ1) is 14.2. The van der Waals surface area contributed by atoms with Gasteiger partial charge in [-0.3, -0.25) is 10.1 Å². The third kappa shape index (κ3) is 3.63. The zero-order valence-electron chi connectivity index (χ0n) is 11.6. The third-order valence-electron chi connectivity index (χ3n) is 3.36. The number of primary amides is 1. The van der Waals surface area contributed by atoms with Gasteiger partial charge in [0.25, 0.3) is 0 Å². The van der Waals surface area contributed by atoms with E-state index in [0.29, 0.717) is 0 Å². The van der Waals surface area contributed by atoms with E-state index in [1.54, 1.807) is 6.92 Å². The molecule has 1 aromatic rings. The number of carbonyl (C=O) groups excluding carboxylic acids is 2. The van der Waals surface area contributed by atoms with Crippen molar-refractivity contribution in [1.29, 1.82) is 0 Å². The highest BCUT2D eigenvalue weighted by molar-refractivity contribution is 5.97. The van der Waals surface area contributed by atoms with E-state index in [9.17, 15) is 9.59 Å². The van der Waals surface area contributed by atoms with Crippen LogP contribution in [0.1, 0.15) is 19.8 Å². The van der Waals surface area contributed by atoms with Gasteiger partial charge in [0, 0.05) is 24.5 Å². The second-order valence-corrected chi connectivity index (χ2v) is 4.96. The van der Waals surface area contributed by atoms with Crippen LogP contribution in [0.5, 0.6) is 0 Å². The standard InChI is InChI=1S/C14H20N4O2/c1-10(13(19)17-14(15)20)16-11-4-6-12(7-5-11)18-8-2-3-9-18/h4-7,10,16H,2-3,8-9H2,1H3,(H3,15,17,19,20). The van der Waals surface area contributed by atoms with Crippen molar-refractivity contribution in [1.82, 2.24) is 5.32 Å². The topological polar surface area (TPSA) is 87.5 Å². The van der Waals surface area contributed by atoms with Gasteiger partial charge in [-0.2, -0.15) is 0 Å². The van der Waals surface area contributed by atoms with Crippen LogP contribution in [0, 0.1) is 0 Å². The Labute approximate surface area is 118 Å². The predicted octanol–water partition coefficient (Wildman–Crippen LogP) is 1.28. The zero-order valence-corrected chi connectivity index (χ0v) is 11.6. The Balaban J connectivity index is 1.92. The summed E-state index contributed by atoms with van der Waals surface area (Å²) in [4.78, 5) is 24.5. The molecule has 1 atom stereocenters. The molecule has 20 heavy (non-hydrogen) atoms. The van der Waals surface area contributed by atoms with Gasteiger partial charge in [0.05, 0.1) is 0 Å². The van der Waals surface area contributed by atoms with Crippen LogP contribution in [-0.4, -0.2) is 31.1 Å². The van der Waals surface area contributed by atoms with Crippen LogP contribution in [-0.2, 0) is 4.79 Å². The molecular weight excluding hydrogens is 256 g/mol. The van der Waals surface area contributed by atoms with E-state index in [1.807, 2.05) is 29.6 Å². The van der Waals surface area contributed by atoms with E-state index in [4.69, 9.17) is 5.73 Å². The fraction of sp³-hybridized carbons (Fsp3) is 0.429. The van der Waals surface area contributed by atoms with E-state index < -0.39 is 18.0 Å². The van der Waals surface area contributed by atoms with Gasteiger partial charge >= 0.3 is 6.03 Å². The average Bonchev–Trinajstić information content (AvgIpc) is 2.92. The van der Waals surface area contributed by atoms with Crippen molar-refractivity contribution < 1.29 is 9.59 Å². The Morgan fingerprint density at radius 2 is 1.80 bits per heavy atom. The van der Waals surface area contributed by atoms with Crippen molar-refractivity contribution >= 4 is 23.3 Å². The Morgan fingerprint density at radius 3 is 2.35 bits per heavy atom. The lowest BCUT2D eigenvalue weighted by Gasteiger charge is -2.19. The molecule has 108 valence electrons. The zero-order chi connectivity index (χ0) is 14.5. The minimum absolute atomic E-state index is 0.443. The normalized spacial score (nSPS) is 15.8. The Hall–Kier alpha value is -2.24. The van der Waals surface area contributed by atoms with E-state index in [-0.39, 0.29) is 0 Å². The van der Waals surface area contributed by atoms with Crippen molar-refractivity contribution in [2.45, 2.75) is 25.8 Å². The van der Waals surface area contributed by atoms with Crippen LogP contribution >= 0.6 is 0 Å². The largest absolute Gasteiger partial charge is 0.374 e. The summed E-state index contributed by atoms with van der Waals surface area (Å²) in [6, 6.07) is 6.57. The number of urea groups is 1. The van der Waals surface area contributed by atoms with Crippen LogP contribution in [0.3, 0.4) is 0 Å². The van der Waals surface area contributed by atoms with Gasteiger partial charge in [-0.05, 0) is 44.0 Å². The van der Waals surface area contributed by atoms with Gasteiger partial charge in [0.2, 0.25) is 5.91 Å². The number of carbonyl (C=O) groups is 2. The summed E-state index contributed by atoms with van der Waals surface area (Å²) in [7, 11) is 0. The number of hydrogen-bond donors (Lipinski definition) is 3. The molecular formula is C14H20N4O2. The third-order valence-corrected chi connectivity index (χ3v) is 3.36. The first-order chi connectivity index (χ1) is 9.56. The highest BCUT2D eigenvalue weighted by Crippen LogP contribution is 2.22. The summed E-state index contributed by atoms with van der Waals surface area (Å²) in [5.41, 5.74) is 6.94. The van der Waals surface area contributed by atoms with E-state index in [0.717, 1.165) is 18.8 Å². The average molecular weight is 276 g/mol. The van der Waals surface area contributed by atoms with Crippen LogP contribution in [0.4, 0.5) is 16.2 Å². The number of nitrogens with zero attached hydrogens (tertiary/aromatic N) is 1. The van der Waals surface area contributed by atoms with Gasteiger partial charge in [0.15, 0.2) is 0 Å². The molecule has 2 rings (SSSR count). The van der Waals surface area contributed by atoms with Crippen LogP contribution < -0.4 is 21.3 Å². The maximum Gasteiger partial charge on any atom is 0.318 e. The summed E-state index contributed by atoms with van der Waals surface area (Å²) in [6.07, 6.45) is 2.48. The lowest BCUT2D eigenvalue weighted by molar-refractivity contribution is -0.120. The molecule has 0 spiro atoms. The number of hydrogen-bond acceptors (Lipinski definition) is 4.